The first-order valence-electron chi connectivity index (χ1n) is 6.56. The molecule has 2 aromatic carbocycles. The molecule has 0 saturated carbocycles. The number of nitrogens with one attached hydrogen (secondary N) is 1. The van der Waals surface area contributed by atoms with E-state index in [4.69, 9.17) is 0 Å². The summed E-state index contributed by atoms with van der Waals surface area (Å²) in [6.45, 7) is 1.95. The van der Waals surface area contributed by atoms with Crippen molar-refractivity contribution in [3.63, 3.8) is 0 Å². The van der Waals surface area contributed by atoms with Gasteiger partial charge < -0.3 is 5.32 Å². The summed E-state index contributed by atoms with van der Waals surface area (Å²) in [5.74, 6) is 0.0970. The third-order valence-electron chi connectivity index (χ3n) is 3.30. The van der Waals surface area contributed by atoms with Gasteiger partial charge in [-0.05, 0) is 23.1 Å². The van der Waals surface area contributed by atoms with Crippen molar-refractivity contribution < 1.29 is 4.79 Å². The molecule has 98 valence electrons. The Kier molecular flexibility index (Phi) is 4.35. The zero-order valence-corrected chi connectivity index (χ0v) is 11.4. The highest BCUT2D eigenvalue weighted by molar-refractivity contribution is 5.78. The minimum Gasteiger partial charge on any atom is -0.359 e. The van der Waals surface area contributed by atoms with E-state index in [0.29, 0.717) is 0 Å². The van der Waals surface area contributed by atoms with Crippen LogP contribution in [-0.2, 0) is 11.2 Å². The lowest BCUT2D eigenvalue weighted by Gasteiger charge is -2.10. The van der Waals surface area contributed by atoms with Crippen LogP contribution in [0.2, 0.25) is 0 Å². The van der Waals surface area contributed by atoms with Crippen LogP contribution in [0.5, 0.6) is 0 Å². The van der Waals surface area contributed by atoms with Gasteiger partial charge in [0.25, 0.3) is 0 Å². The molecule has 0 bridgehead atoms. The summed E-state index contributed by atoms with van der Waals surface area (Å²) in [6, 6.07) is 18.7. The maximum Gasteiger partial charge on any atom is 0.222 e. The predicted octanol–water partition coefficient (Wildman–Crippen LogP) is 3.28. The lowest BCUT2D eigenvalue weighted by atomic mass is 9.98. The SMILES string of the molecule is CNC(=O)[C@@H](C)Cc1ccc(-c2ccccc2)cc1. The number of carbonyl (C=O) groups is 1. The van der Waals surface area contributed by atoms with E-state index in [2.05, 4.69) is 41.7 Å². The summed E-state index contributed by atoms with van der Waals surface area (Å²) < 4.78 is 0. The molecule has 1 amide bonds. The van der Waals surface area contributed by atoms with Gasteiger partial charge in [-0.15, -0.1) is 0 Å². The fourth-order valence-corrected chi connectivity index (χ4v) is 2.16. The summed E-state index contributed by atoms with van der Waals surface area (Å²) in [6.07, 6.45) is 0.773. The first-order chi connectivity index (χ1) is 9.20. The van der Waals surface area contributed by atoms with Gasteiger partial charge in [0.1, 0.15) is 0 Å². The fourth-order valence-electron chi connectivity index (χ4n) is 2.16. The molecule has 2 nitrogen and oxygen atoms in total. The van der Waals surface area contributed by atoms with Crippen LogP contribution in [0.15, 0.2) is 54.6 Å². The highest BCUT2D eigenvalue weighted by Gasteiger charge is 2.11. The molecule has 2 aromatic rings. The standard InChI is InChI=1S/C17H19NO/c1-13(17(19)18-2)12-14-8-10-16(11-9-14)15-6-4-3-5-7-15/h3-11,13H,12H2,1-2H3,(H,18,19)/t13-/m0/s1. The van der Waals surface area contributed by atoms with Gasteiger partial charge >= 0.3 is 0 Å². The maximum atomic E-state index is 11.5. The van der Waals surface area contributed by atoms with Crippen LogP contribution >= 0.6 is 0 Å². The average Bonchev–Trinajstić information content (AvgIpc) is 2.48. The zero-order chi connectivity index (χ0) is 13.7. The van der Waals surface area contributed by atoms with E-state index in [9.17, 15) is 4.79 Å². The van der Waals surface area contributed by atoms with Crippen molar-refractivity contribution >= 4 is 5.91 Å². The Morgan fingerprint density at radius 1 is 1.00 bits per heavy atom. The Labute approximate surface area is 114 Å². The monoisotopic (exact) mass is 253 g/mol. The molecular weight excluding hydrogens is 234 g/mol. The zero-order valence-electron chi connectivity index (χ0n) is 11.4. The summed E-state index contributed by atoms with van der Waals surface area (Å²) >= 11 is 0. The van der Waals surface area contributed by atoms with Crippen molar-refractivity contribution in [1.29, 1.82) is 0 Å². The van der Waals surface area contributed by atoms with Gasteiger partial charge in [-0.1, -0.05) is 61.5 Å². The van der Waals surface area contributed by atoms with E-state index in [-0.39, 0.29) is 11.8 Å². The van der Waals surface area contributed by atoms with Gasteiger partial charge in [-0.3, -0.25) is 4.79 Å². The Morgan fingerprint density at radius 2 is 1.58 bits per heavy atom. The van der Waals surface area contributed by atoms with Crippen LogP contribution in [0.3, 0.4) is 0 Å². The van der Waals surface area contributed by atoms with Gasteiger partial charge in [-0.2, -0.15) is 0 Å². The van der Waals surface area contributed by atoms with Crippen molar-refractivity contribution in [1.82, 2.24) is 5.32 Å². The summed E-state index contributed by atoms with van der Waals surface area (Å²) in [5, 5.41) is 2.68. The van der Waals surface area contributed by atoms with Gasteiger partial charge in [0, 0.05) is 13.0 Å². The number of benzene rings is 2. The Bertz CT molecular complexity index is 531. The molecule has 19 heavy (non-hydrogen) atoms. The van der Waals surface area contributed by atoms with Crippen LogP contribution in [0.1, 0.15) is 12.5 Å². The molecule has 0 heterocycles. The number of hydrogen-bond donors (Lipinski definition) is 1. The van der Waals surface area contributed by atoms with E-state index in [1.165, 1.54) is 16.7 Å². The molecule has 0 unspecified atom stereocenters. The van der Waals surface area contributed by atoms with Crippen LogP contribution < -0.4 is 5.32 Å². The summed E-state index contributed by atoms with van der Waals surface area (Å²) in [4.78, 5) is 11.5. The van der Waals surface area contributed by atoms with Gasteiger partial charge in [-0.25, -0.2) is 0 Å². The number of hydrogen-bond acceptors (Lipinski definition) is 1. The Hall–Kier alpha value is -2.09. The van der Waals surface area contributed by atoms with Crippen LogP contribution in [-0.4, -0.2) is 13.0 Å². The molecule has 0 aliphatic heterocycles. The van der Waals surface area contributed by atoms with E-state index in [1.54, 1.807) is 7.05 Å². The van der Waals surface area contributed by atoms with Crippen molar-refractivity contribution in [2.45, 2.75) is 13.3 Å². The minimum absolute atomic E-state index is 0.00701. The predicted molar refractivity (Wildman–Crippen MR) is 78.8 cm³/mol. The third kappa shape index (κ3) is 3.44. The lowest BCUT2D eigenvalue weighted by Crippen LogP contribution is -2.26. The molecule has 0 aromatic heterocycles. The van der Waals surface area contributed by atoms with Gasteiger partial charge in [0.15, 0.2) is 0 Å². The van der Waals surface area contributed by atoms with E-state index < -0.39 is 0 Å². The molecule has 0 saturated heterocycles. The van der Waals surface area contributed by atoms with Crippen molar-refractivity contribution in [3.8, 4) is 11.1 Å². The van der Waals surface area contributed by atoms with Gasteiger partial charge in [0.05, 0.1) is 0 Å². The molecule has 0 radical (unpaired) electrons. The molecular formula is C17H19NO. The molecule has 0 fully saturated rings. The summed E-state index contributed by atoms with van der Waals surface area (Å²) in [7, 11) is 1.68. The van der Waals surface area contributed by atoms with E-state index in [1.807, 2.05) is 25.1 Å². The maximum absolute atomic E-state index is 11.5. The smallest absolute Gasteiger partial charge is 0.222 e. The quantitative estimate of drug-likeness (QED) is 0.890. The average molecular weight is 253 g/mol. The largest absolute Gasteiger partial charge is 0.359 e. The number of carbonyl (C=O) groups excluding carboxylic acids is 1. The molecule has 0 spiro atoms. The first kappa shape index (κ1) is 13.3. The number of amides is 1. The van der Waals surface area contributed by atoms with Crippen LogP contribution in [0, 0.1) is 5.92 Å². The third-order valence-corrected chi connectivity index (χ3v) is 3.30. The van der Waals surface area contributed by atoms with E-state index >= 15 is 0 Å². The molecule has 2 heteroatoms. The molecule has 0 aliphatic carbocycles. The van der Waals surface area contributed by atoms with Crippen molar-refractivity contribution in [2.24, 2.45) is 5.92 Å². The normalized spacial score (nSPS) is 11.9. The number of rotatable bonds is 4. The highest BCUT2D eigenvalue weighted by Crippen LogP contribution is 2.20. The van der Waals surface area contributed by atoms with Gasteiger partial charge in [0.2, 0.25) is 5.91 Å². The lowest BCUT2D eigenvalue weighted by molar-refractivity contribution is -0.123. The van der Waals surface area contributed by atoms with E-state index in [0.717, 1.165) is 6.42 Å². The Morgan fingerprint density at radius 3 is 2.16 bits per heavy atom. The second kappa shape index (κ2) is 6.19. The van der Waals surface area contributed by atoms with Crippen LogP contribution in [0.25, 0.3) is 11.1 Å². The molecule has 1 N–H and O–H groups in total. The molecule has 2 rings (SSSR count). The molecule has 0 aliphatic rings. The fraction of sp³-hybridized carbons (Fsp3) is 0.235. The highest BCUT2D eigenvalue weighted by atomic mass is 16.1. The topological polar surface area (TPSA) is 29.1 Å². The van der Waals surface area contributed by atoms with Crippen molar-refractivity contribution in [2.75, 3.05) is 7.05 Å². The molecule has 1 atom stereocenters. The second-order valence-electron chi connectivity index (χ2n) is 4.78. The Balaban J connectivity index is 2.09. The van der Waals surface area contributed by atoms with Crippen LogP contribution in [0.4, 0.5) is 0 Å². The minimum atomic E-state index is 0.00701. The van der Waals surface area contributed by atoms with Crippen molar-refractivity contribution in [3.05, 3.63) is 60.2 Å². The summed E-state index contributed by atoms with van der Waals surface area (Å²) in [5.41, 5.74) is 3.61. The second-order valence-corrected chi connectivity index (χ2v) is 4.78. The first-order valence-corrected chi connectivity index (χ1v) is 6.56.